The van der Waals surface area contributed by atoms with Crippen LogP contribution in [0.15, 0.2) is 0 Å². The van der Waals surface area contributed by atoms with Crippen LogP contribution in [-0.2, 0) is 52.7 Å². The second-order valence-electron chi connectivity index (χ2n) is 19.7. The Kier molecular flexibility index (Phi) is 26.7. The molecule has 0 aromatic rings. The first-order valence-electron chi connectivity index (χ1n) is 26.1. The first-order chi connectivity index (χ1) is 35.5. The van der Waals surface area contributed by atoms with Crippen LogP contribution in [0.1, 0.15) is 118 Å². The smallest absolute Gasteiger partial charge is 0.326 e. The van der Waals surface area contributed by atoms with Gasteiger partial charge in [-0.25, -0.2) is 4.79 Å². The van der Waals surface area contributed by atoms with Crippen molar-refractivity contribution in [3.8, 4) is 0 Å². The largest absolute Gasteiger partial charge is 0.481 e. The number of aliphatic hydroxyl groups is 2. The zero-order valence-corrected chi connectivity index (χ0v) is 44.5. The van der Waals surface area contributed by atoms with Gasteiger partial charge >= 0.3 is 11.9 Å². The summed E-state index contributed by atoms with van der Waals surface area (Å²) >= 11 is 4.16. The first-order valence-corrected chi connectivity index (χ1v) is 26.7. The van der Waals surface area contributed by atoms with Gasteiger partial charge in [-0.15, -0.1) is 0 Å². The monoisotopic (exact) mass is 1080 g/mol. The van der Waals surface area contributed by atoms with E-state index >= 15 is 0 Å². The lowest BCUT2D eigenvalue weighted by Gasteiger charge is -2.35. The van der Waals surface area contributed by atoms with E-state index in [1.807, 2.05) is 0 Å². The lowest BCUT2D eigenvalue weighted by Crippen LogP contribution is -2.62. The van der Waals surface area contributed by atoms with Crippen molar-refractivity contribution in [3.63, 3.8) is 0 Å². The Hall–Kier alpha value is -5.64. The summed E-state index contributed by atoms with van der Waals surface area (Å²) in [5.41, 5.74) is 5.69. The summed E-state index contributed by atoms with van der Waals surface area (Å²) in [5.74, 6) is -10.9. The average Bonchev–Trinajstić information content (AvgIpc) is 4.21. The van der Waals surface area contributed by atoms with Crippen molar-refractivity contribution in [3.05, 3.63) is 0 Å². The number of carboxylic acids is 2. The Morgan fingerprint density at radius 2 is 1.17 bits per heavy atom. The first kappa shape index (κ1) is 63.7. The van der Waals surface area contributed by atoms with E-state index in [4.69, 9.17) is 5.73 Å². The van der Waals surface area contributed by atoms with Gasteiger partial charge in [-0.1, -0.05) is 40.5 Å². The molecule has 0 aliphatic carbocycles. The molecule has 27 heteroatoms. The van der Waals surface area contributed by atoms with E-state index in [2.05, 4.69) is 55.2 Å². The highest BCUT2D eigenvalue weighted by Gasteiger charge is 2.45. The second kappa shape index (κ2) is 31.4. The molecule has 3 aliphatic rings. The quantitative estimate of drug-likeness (QED) is 0.0238. The third-order valence-electron chi connectivity index (χ3n) is 14.1. The molecule has 3 saturated heterocycles. The lowest BCUT2D eigenvalue weighted by molar-refractivity contribution is -0.149. The predicted molar refractivity (Wildman–Crippen MR) is 273 cm³/mol. The Labute approximate surface area is 442 Å². The van der Waals surface area contributed by atoms with Crippen LogP contribution < -0.4 is 48.3 Å². The number of likely N-dealkylation sites (tertiary alicyclic amines) is 2. The molecule has 3 aliphatic heterocycles. The van der Waals surface area contributed by atoms with Crippen LogP contribution >= 0.6 is 12.6 Å². The van der Waals surface area contributed by atoms with Gasteiger partial charge in [0, 0.05) is 25.3 Å². The van der Waals surface area contributed by atoms with Crippen LogP contribution in [0.5, 0.6) is 0 Å². The zero-order valence-electron chi connectivity index (χ0n) is 43.6. The number of nitrogens with two attached hydrogens (primary N) is 1. The molecule has 13 atom stereocenters. The molecule has 0 radical (unpaired) electrons. The van der Waals surface area contributed by atoms with Crippen molar-refractivity contribution < 1.29 is 73.2 Å². The summed E-state index contributed by atoms with van der Waals surface area (Å²) in [6.07, 6.45) is 1.71. The molecule has 3 rings (SSSR count). The third kappa shape index (κ3) is 18.6. The number of hydrogen-bond donors (Lipinski definition) is 14. The van der Waals surface area contributed by atoms with Gasteiger partial charge in [-0.2, -0.15) is 12.6 Å². The highest BCUT2D eigenvalue weighted by molar-refractivity contribution is 7.80. The zero-order chi connectivity index (χ0) is 56.1. The van der Waals surface area contributed by atoms with E-state index in [1.165, 1.54) is 16.7 Å². The number of rotatable bonds is 31. The van der Waals surface area contributed by atoms with Gasteiger partial charge in [-0.05, 0) is 96.1 Å². The molecule has 0 unspecified atom stereocenters. The SMILES string of the molecule is CC[C@H](C)[C@H](NC(=O)[C@@H]1CCCN1C(=O)[C@@H]1CCCN1C(=O)[C@@H](NC(=O)[C@H](CO)NC(=O)[C@H](CCCCN)NC(=O)[C@@H](NC(=O)[C@H](CS)NC(=O)[C@H](CCC(=O)O)NC(=O)[C@@H]1CCCN1)[C@@H](C)O)[C@@H](C)CC)C(=O)O. The fraction of sp³-hybridized carbons (Fsp3) is 0.771. The summed E-state index contributed by atoms with van der Waals surface area (Å²) < 4.78 is 0. The molecule has 3 fully saturated rings. The van der Waals surface area contributed by atoms with Crippen molar-refractivity contribution in [1.82, 2.24) is 52.3 Å². The molecule has 26 nitrogen and oxygen atoms in total. The number of aliphatic carboxylic acids is 2. The van der Waals surface area contributed by atoms with E-state index in [1.54, 1.807) is 27.7 Å². The van der Waals surface area contributed by atoms with E-state index in [0.717, 1.165) is 0 Å². The number of amides is 9. The molecule has 0 aromatic carbocycles. The Morgan fingerprint density at radius 3 is 1.72 bits per heavy atom. The van der Waals surface area contributed by atoms with Crippen molar-refractivity contribution in [1.29, 1.82) is 0 Å². The predicted octanol–water partition coefficient (Wildman–Crippen LogP) is -3.41. The molecule has 0 saturated carbocycles. The van der Waals surface area contributed by atoms with E-state index < -0.39 is 151 Å². The molecular formula is C48H81N11O15S. The Bertz CT molecular complexity index is 2010. The standard InChI is InChI=1S/C48H81N11O15S/c1-6-25(3)36(47(72)59-22-12-16-34(59)46(71)58-21-11-15-33(58)44(69)56-37(48(73)74)26(4)7-2)55-42(67)31(23-60)53-40(65)29(13-8-9-19-49)52-45(70)38(27(5)61)57-43(68)32(24-75)54-41(66)30(17-18-35(62)63)51-39(64)28-14-10-20-50-28/h25-34,36-38,50,60-61,75H,6-24,49H2,1-5H3,(H,51,64)(H,52,70)(H,53,65)(H,54,66)(H,55,67)(H,56,69)(H,57,68)(H,62,63)(H,73,74)/t25-,26-,27+,28-,29-,30-,31-,32-,33-,34-,36-,37-,38-/m0/s1. The molecule has 9 amide bonds. The van der Waals surface area contributed by atoms with Gasteiger partial charge < -0.3 is 78.5 Å². The number of nitrogens with one attached hydrogen (secondary N) is 8. The molecule has 14 N–H and O–H groups in total. The van der Waals surface area contributed by atoms with Crippen LogP contribution in [0.25, 0.3) is 0 Å². The van der Waals surface area contributed by atoms with E-state index in [9.17, 15) is 73.2 Å². The van der Waals surface area contributed by atoms with Crippen LogP contribution in [0, 0.1) is 11.8 Å². The van der Waals surface area contributed by atoms with Gasteiger partial charge in [0.2, 0.25) is 53.2 Å². The summed E-state index contributed by atoms with van der Waals surface area (Å²) in [5, 5.41) is 60.5. The molecule has 3 heterocycles. The highest BCUT2D eigenvalue weighted by atomic mass is 32.1. The van der Waals surface area contributed by atoms with Gasteiger partial charge in [0.05, 0.1) is 18.8 Å². The maximum absolute atomic E-state index is 14.4. The molecule has 75 heavy (non-hydrogen) atoms. The second-order valence-corrected chi connectivity index (χ2v) is 20.0. The maximum Gasteiger partial charge on any atom is 0.326 e. The van der Waals surface area contributed by atoms with Crippen LogP contribution in [0.4, 0.5) is 0 Å². The number of thiol groups is 1. The number of carbonyl (C=O) groups excluding carboxylic acids is 9. The lowest BCUT2D eigenvalue weighted by atomic mass is 9.96. The highest BCUT2D eigenvalue weighted by Crippen LogP contribution is 2.27. The minimum absolute atomic E-state index is 0.0694. The number of unbranched alkanes of at least 4 members (excludes halogenated alkanes) is 1. The number of hydrogen-bond acceptors (Lipinski definition) is 16. The van der Waals surface area contributed by atoms with Crippen LogP contribution in [-0.4, -0.2) is 200 Å². The van der Waals surface area contributed by atoms with Crippen molar-refractivity contribution in [2.75, 3.05) is 38.5 Å². The number of carboxylic acid groups (broad SMARTS) is 2. The Balaban J connectivity index is 1.75. The fourth-order valence-electron chi connectivity index (χ4n) is 9.16. The minimum atomic E-state index is -1.74. The van der Waals surface area contributed by atoms with Crippen molar-refractivity contribution in [2.24, 2.45) is 17.6 Å². The van der Waals surface area contributed by atoms with Gasteiger partial charge in [0.1, 0.15) is 54.4 Å². The summed E-state index contributed by atoms with van der Waals surface area (Å²) in [6, 6.07) is -12.7. The molecule has 0 aromatic heterocycles. The summed E-state index contributed by atoms with van der Waals surface area (Å²) in [4.78, 5) is 150. The van der Waals surface area contributed by atoms with Crippen LogP contribution in [0.3, 0.4) is 0 Å². The van der Waals surface area contributed by atoms with Gasteiger partial charge in [0.25, 0.3) is 0 Å². The molecule has 0 bridgehead atoms. The number of aliphatic hydroxyl groups excluding tert-OH is 2. The van der Waals surface area contributed by atoms with Crippen molar-refractivity contribution >= 4 is 77.7 Å². The van der Waals surface area contributed by atoms with E-state index in [0.29, 0.717) is 57.9 Å². The summed E-state index contributed by atoms with van der Waals surface area (Å²) in [6.45, 7) is 8.31. The fourth-order valence-corrected chi connectivity index (χ4v) is 9.42. The average molecular weight is 1080 g/mol. The molecule has 0 spiro atoms. The topological polar surface area (TPSA) is 397 Å². The normalized spacial score (nSPS) is 21.4. The molecule has 424 valence electrons. The van der Waals surface area contributed by atoms with Gasteiger partial charge in [0.15, 0.2) is 0 Å². The van der Waals surface area contributed by atoms with Gasteiger partial charge in [-0.3, -0.25) is 47.9 Å². The number of carbonyl (C=O) groups is 11. The maximum atomic E-state index is 14.4. The third-order valence-corrected chi connectivity index (χ3v) is 14.5. The van der Waals surface area contributed by atoms with Crippen molar-refractivity contribution in [2.45, 2.75) is 185 Å². The van der Waals surface area contributed by atoms with E-state index in [-0.39, 0.29) is 57.0 Å². The minimum Gasteiger partial charge on any atom is -0.481 e. The molecular weight excluding hydrogens is 1000 g/mol. The Morgan fingerprint density at radius 1 is 0.627 bits per heavy atom. The summed E-state index contributed by atoms with van der Waals surface area (Å²) in [7, 11) is 0. The number of nitrogens with zero attached hydrogens (tertiary/aromatic N) is 2. The van der Waals surface area contributed by atoms with Crippen LogP contribution in [0.2, 0.25) is 0 Å².